The number of rotatable bonds is 3. The van der Waals surface area contributed by atoms with E-state index in [1.54, 1.807) is 0 Å². The third-order valence-electron chi connectivity index (χ3n) is 5.64. The molecule has 6 rings (SSSR count). The fourth-order valence-electron chi connectivity index (χ4n) is 4.29. The molecule has 0 radical (unpaired) electrons. The van der Waals surface area contributed by atoms with E-state index in [4.69, 9.17) is 10.7 Å². The van der Waals surface area contributed by atoms with Crippen LogP contribution in [-0.2, 0) is 0 Å². The molecule has 2 aromatic heterocycles. The molecule has 0 spiro atoms. The monoisotopic (exact) mass is 413 g/mol. The van der Waals surface area contributed by atoms with E-state index in [1.165, 1.54) is 0 Å². The minimum absolute atomic E-state index is 0.206. The van der Waals surface area contributed by atoms with Gasteiger partial charge in [-0.2, -0.15) is 9.97 Å². The maximum atomic E-state index is 6.12. The first kappa shape index (κ1) is 18.3. The van der Waals surface area contributed by atoms with Crippen molar-refractivity contribution < 1.29 is 0 Å². The molecule has 0 aliphatic rings. The van der Waals surface area contributed by atoms with Crippen LogP contribution in [0.2, 0.25) is 0 Å². The smallest absolute Gasteiger partial charge is 0.224 e. The number of nitrogen functional groups attached to an aromatic ring is 1. The average Bonchev–Trinajstić information content (AvgIpc) is 3.19. The van der Waals surface area contributed by atoms with Crippen molar-refractivity contribution in [3.8, 4) is 28.5 Å². The van der Waals surface area contributed by atoms with Crippen molar-refractivity contribution in [3.63, 3.8) is 0 Å². The predicted octanol–water partition coefficient (Wildman–Crippen LogP) is 5.88. The molecule has 4 aromatic carbocycles. The molecule has 0 amide bonds. The molecule has 2 N–H and O–H groups in total. The van der Waals surface area contributed by atoms with Gasteiger partial charge in [-0.1, -0.05) is 78.9 Å². The van der Waals surface area contributed by atoms with Crippen molar-refractivity contribution in [1.29, 1.82) is 0 Å². The van der Waals surface area contributed by atoms with E-state index in [-0.39, 0.29) is 5.95 Å². The van der Waals surface area contributed by atoms with Crippen LogP contribution in [-0.4, -0.2) is 19.5 Å². The summed E-state index contributed by atoms with van der Waals surface area (Å²) >= 11 is 0. The Kier molecular flexibility index (Phi) is 4.18. The molecule has 32 heavy (non-hydrogen) atoms. The van der Waals surface area contributed by atoms with Crippen LogP contribution in [0.15, 0.2) is 103 Å². The van der Waals surface area contributed by atoms with E-state index in [0.29, 0.717) is 11.6 Å². The minimum atomic E-state index is 0.206. The highest BCUT2D eigenvalue weighted by Crippen LogP contribution is 2.37. The Morgan fingerprint density at radius 2 is 1.22 bits per heavy atom. The molecule has 0 bridgehead atoms. The lowest BCUT2D eigenvalue weighted by Crippen LogP contribution is -2.02. The van der Waals surface area contributed by atoms with Crippen molar-refractivity contribution >= 4 is 27.8 Å². The number of fused-ring (bicyclic) bond motifs is 3. The molecule has 0 aliphatic heterocycles. The zero-order chi connectivity index (χ0) is 21.5. The summed E-state index contributed by atoms with van der Waals surface area (Å²) in [7, 11) is 0. The highest BCUT2D eigenvalue weighted by Gasteiger charge is 2.18. The molecule has 0 saturated heterocycles. The van der Waals surface area contributed by atoms with Gasteiger partial charge in [0.1, 0.15) is 0 Å². The van der Waals surface area contributed by atoms with E-state index in [0.717, 1.165) is 38.6 Å². The van der Waals surface area contributed by atoms with Crippen LogP contribution in [0.5, 0.6) is 0 Å². The number of para-hydroxylation sites is 2. The fourth-order valence-corrected chi connectivity index (χ4v) is 4.29. The lowest BCUT2D eigenvalue weighted by Gasteiger charge is -2.09. The van der Waals surface area contributed by atoms with E-state index < -0.39 is 0 Å². The second kappa shape index (κ2) is 7.32. The molecule has 6 aromatic rings. The summed E-state index contributed by atoms with van der Waals surface area (Å²) in [6.45, 7) is 0. The highest BCUT2D eigenvalue weighted by molar-refractivity contribution is 6.15. The van der Waals surface area contributed by atoms with E-state index >= 15 is 0 Å². The molecule has 0 fully saturated rings. The van der Waals surface area contributed by atoms with Gasteiger partial charge in [0, 0.05) is 27.6 Å². The van der Waals surface area contributed by atoms with Crippen molar-refractivity contribution in [2.75, 3.05) is 5.73 Å². The van der Waals surface area contributed by atoms with Gasteiger partial charge in [-0.25, -0.2) is 4.98 Å². The Morgan fingerprint density at radius 3 is 2.03 bits per heavy atom. The summed E-state index contributed by atoms with van der Waals surface area (Å²) in [5.74, 6) is 1.34. The van der Waals surface area contributed by atoms with E-state index in [9.17, 15) is 0 Å². The number of aromatic nitrogens is 4. The first-order chi connectivity index (χ1) is 15.8. The third-order valence-corrected chi connectivity index (χ3v) is 5.64. The van der Waals surface area contributed by atoms with Gasteiger partial charge < -0.3 is 10.3 Å². The van der Waals surface area contributed by atoms with Crippen molar-refractivity contribution in [2.24, 2.45) is 0 Å². The number of nitrogens with two attached hydrogens (primary N) is 1. The molecular formula is C27H19N5. The molecule has 0 atom stereocenters. The van der Waals surface area contributed by atoms with Crippen LogP contribution in [0.1, 0.15) is 0 Å². The van der Waals surface area contributed by atoms with Crippen LogP contribution in [0.4, 0.5) is 5.95 Å². The summed E-state index contributed by atoms with van der Waals surface area (Å²) in [4.78, 5) is 13.7. The third kappa shape index (κ3) is 2.91. The first-order valence-corrected chi connectivity index (χ1v) is 10.4. The summed E-state index contributed by atoms with van der Waals surface area (Å²) in [6.07, 6.45) is 0. The molecular weight excluding hydrogens is 394 g/mol. The van der Waals surface area contributed by atoms with Gasteiger partial charge in [0.15, 0.2) is 11.6 Å². The zero-order valence-electron chi connectivity index (χ0n) is 17.2. The van der Waals surface area contributed by atoms with Gasteiger partial charge >= 0.3 is 0 Å². The van der Waals surface area contributed by atoms with E-state index in [2.05, 4.69) is 69.1 Å². The summed E-state index contributed by atoms with van der Waals surface area (Å²) in [5, 5.41) is 2.23. The van der Waals surface area contributed by atoms with Crippen LogP contribution in [0, 0.1) is 0 Å². The van der Waals surface area contributed by atoms with Crippen LogP contribution in [0.3, 0.4) is 0 Å². The molecule has 5 nitrogen and oxygen atoms in total. The fraction of sp³-hybridized carbons (Fsp3) is 0. The molecule has 0 saturated carbocycles. The average molecular weight is 413 g/mol. The highest BCUT2D eigenvalue weighted by atomic mass is 15.1. The van der Waals surface area contributed by atoms with Gasteiger partial charge in [0.05, 0.1) is 11.0 Å². The zero-order valence-corrected chi connectivity index (χ0v) is 17.2. The van der Waals surface area contributed by atoms with Gasteiger partial charge in [-0.3, -0.25) is 0 Å². The van der Waals surface area contributed by atoms with Gasteiger partial charge in [0.2, 0.25) is 5.95 Å². The molecule has 2 heterocycles. The number of anilines is 1. The maximum Gasteiger partial charge on any atom is 0.224 e. The lowest BCUT2D eigenvalue weighted by atomic mass is 10.1. The second-order valence-electron chi connectivity index (χ2n) is 7.59. The standard InChI is InChI=1S/C27H19N5/c28-27-30-25(18-10-3-1-4-11-18)29-26(31-27)21-15-9-17-23-24(21)20-14-7-8-16-22(20)32(23)19-12-5-2-6-13-19/h1-17H,(H2,28,29,30,31). The summed E-state index contributed by atoms with van der Waals surface area (Å²) in [5.41, 5.74) is 11.3. The minimum Gasteiger partial charge on any atom is -0.368 e. The Labute approximate surface area is 184 Å². The quantitative estimate of drug-likeness (QED) is 0.393. The molecule has 0 aliphatic carbocycles. The van der Waals surface area contributed by atoms with Gasteiger partial charge in [0.25, 0.3) is 0 Å². The van der Waals surface area contributed by atoms with Crippen LogP contribution < -0.4 is 5.73 Å². The topological polar surface area (TPSA) is 69.6 Å². The Bertz CT molecular complexity index is 1570. The predicted molar refractivity (Wildman–Crippen MR) is 129 cm³/mol. The summed E-state index contributed by atoms with van der Waals surface area (Å²) < 4.78 is 2.27. The molecule has 5 heteroatoms. The lowest BCUT2D eigenvalue weighted by molar-refractivity contribution is 1.08. The largest absolute Gasteiger partial charge is 0.368 e. The SMILES string of the molecule is Nc1nc(-c2ccccc2)nc(-c2cccc3c2c2ccccc2n3-c2ccccc2)n1. The second-order valence-corrected chi connectivity index (χ2v) is 7.59. The molecule has 0 unspecified atom stereocenters. The van der Waals surface area contributed by atoms with Crippen molar-refractivity contribution in [2.45, 2.75) is 0 Å². The number of nitrogens with zero attached hydrogens (tertiary/aromatic N) is 4. The van der Waals surface area contributed by atoms with Crippen molar-refractivity contribution in [1.82, 2.24) is 19.5 Å². The van der Waals surface area contributed by atoms with Gasteiger partial charge in [-0.15, -0.1) is 0 Å². The van der Waals surface area contributed by atoms with E-state index in [1.807, 2.05) is 48.5 Å². The normalized spacial score (nSPS) is 11.2. The summed E-state index contributed by atoms with van der Waals surface area (Å²) in [6, 6.07) is 34.8. The molecule has 152 valence electrons. The number of hydrogen-bond acceptors (Lipinski definition) is 4. The Balaban J connectivity index is 1.67. The Morgan fingerprint density at radius 1 is 0.562 bits per heavy atom. The maximum absolute atomic E-state index is 6.12. The number of hydrogen-bond donors (Lipinski definition) is 1. The number of benzene rings is 4. The van der Waals surface area contributed by atoms with Crippen molar-refractivity contribution in [3.05, 3.63) is 103 Å². The van der Waals surface area contributed by atoms with Crippen LogP contribution in [0.25, 0.3) is 50.3 Å². The first-order valence-electron chi connectivity index (χ1n) is 10.4. The van der Waals surface area contributed by atoms with Crippen LogP contribution >= 0.6 is 0 Å². The van der Waals surface area contributed by atoms with Gasteiger partial charge in [-0.05, 0) is 24.3 Å². The Hall–Kier alpha value is -4.51.